The summed E-state index contributed by atoms with van der Waals surface area (Å²) in [7, 11) is 1.74. The van der Waals surface area contributed by atoms with Gasteiger partial charge in [0.15, 0.2) is 0 Å². The van der Waals surface area contributed by atoms with Crippen LogP contribution in [0.25, 0.3) is 11.1 Å². The van der Waals surface area contributed by atoms with Gasteiger partial charge in [0.05, 0.1) is 17.3 Å². The normalized spacial score (nSPS) is 13.6. The number of likely N-dealkylation sites (N-methyl/N-ethyl adjacent to an activating group) is 1. The lowest BCUT2D eigenvalue weighted by atomic mass is 10.1. The van der Waals surface area contributed by atoms with Crippen LogP contribution in [0.2, 0.25) is 5.02 Å². The van der Waals surface area contributed by atoms with E-state index in [0.29, 0.717) is 23.1 Å². The number of nitrogens with zero attached hydrogens (tertiary/aromatic N) is 5. The van der Waals surface area contributed by atoms with Crippen LogP contribution in [0, 0.1) is 0 Å². The Balaban J connectivity index is 1.40. The van der Waals surface area contributed by atoms with Gasteiger partial charge in [-0.2, -0.15) is 0 Å². The third-order valence-corrected chi connectivity index (χ3v) is 6.23. The molecule has 9 heteroatoms. The molecular formula is C25H27ClN6O2. The number of halogens is 1. The number of hydrogen-bond donors (Lipinski definition) is 1. The molecule has 0 spiro atoms. The van der Waals surface area contributed by atoms with Crippen molar-refractivity contribution >= 4 is 35.4 Å². The maximum absolute atomic E-state index is 11.8. The van der Waals surface area contributed by atoms with Gasteiger partial charge < -0.3 is 20.4 Å². The van der Waals surface area contributed by atoms with E-state index < -0.39 is 0 Å². The van der Waals surface area contributed by atoms with Crippen molar-refractivity contribution in [3.05, 3.63) is 71.0 Å². The van der Waals surface area contributed by atoms with Crippen molar-refractivity contribution in [2.75, 3.05) is 49.6 Å². The smallest absolute Gasteiger partial charge is 0.236 e. The summed E-state index contributed by atoms with van der Waals surface area (Å²) in [5.74, 6) is 0.591. The van der Waals surface area contributed by atoms with E-state index in [0.717, 1.165) is 54.8 Å². The Morgan fingerprint density at radius 1 is 1.06 bits per heavy atom. The van der Waals surface area contributed by atoms with Crippen molar-refractivity contribution in [2.24, 2.45) is 5.73 Å². The van der Waals surface area contributed by atoms with Crippen molar-refractivity contribution in [1.82, 2.24) is 14.9 Å². The lowest BCUT2D eigenvalue weighted by Crippen LogP contribution is -2.47. The lowest BCUT2D eigenvalue weighted by molar-refractivity contribution is -0.128. The van der Waals surface area contributed by atoms with E-state index in [2.05, 4.69) is 19.8 Å². The third kappa shape index (κ3) is 5.35. The van der Waals surface area contributed by atoms with Gasteiger partial charge in [0.2, 0.25) is 11.9 Å². The molecule has 0 saturated carbocycles. The lowest BCUT2D eigenvalue weighted by Gasteiger charge is -2.36. The number of rotatable bonds is 7. The topological polar surface area (TPSA) is 95.7 Å². The summed E-state index contributed by atoms with van der Waals surface area (Å²) in [5, 5.41) is 0.583. The molecule has 0 atom stereocenters. The van der Waals surface area contributed by atoms with Gasteiger partial charge in [-0.25, -0.2) is 9.97 Å². The van der Waals surface area contributed by atoms with Crippen molar-refractivity contribution in [3.8, 4) is 11.1 Å². The Morgan fingerprint density at radius 2 is 1.76 bits per heavy atom. The van der Waals surface area contributed by atoms with Crippen LogP contribution < -0.4 is 15.5 Å². The fourth-order valence-electron chi connectivity index (χ4n) is 4.00. The van der Waals surface area contributed by atoms with Gasteiger partial charge in [0, 0.05) is 63.3 Å². The Labute approximate surface area is 204 Å². The number of aromatic nitrogens is 2. The highest BCUT2D eigenvalue weighted by atomic mass is 35.5. The van der Waals surface area contributed by atoms with E-state index in [9.17, 15) is 9.59 Å². The molecule has 0 bridgehead atoms. The number of nitrogens with two attached hydrogens (primary N) is 1. The minimum atomic E-state index is -0.0987. The number of piperazine rings is 1. The maximum Gasteiger partial charge on any atom is 0.236 e. The van der Waals surface area contributed by atoms with E-state index in [-0.39, 0.29) is 12.5 Å². The zero-order valence-corrected chi connectivity index (χ0v) is 19.8. The Bertz CT molecular complexity index is 1160. The van der Waals surface area contributed by atoms with E-state index in [1.807, 2.05) is 42.7 Å². The minimum Gasteiger partial charge on any atom is -0.367 e. The van der Waals surface area contributed by atoms with Gasteiger partial charge in [-0.1, -0.05) is 29.8 Å². The predicted molar refractivity (Wildman–Crippen MR) is 134 cm³/mol. The van der Waals surface area contributed by atoms with Crippen molar-refractivity contribution in [3.63, 3.8) is 0 Å². The summed E-state index contributed by atoms with van der Waals surface area (Å²) in [6.45, 7) is 3.59. The van der Waals surface area contributed by atoms with Gasteiger partial charge in [0.25, 0.3) is 0 Å². The molecule has 1 fully saturated rings. The molecule has 4 rings (SSSR count). The molecule has 2 heterocycles. The van der Waals surface area contributed by atoms with E-state index >= 15 is 0 Å². The van der Waals surface area contributed by atoms with Gasteiger partial charge in [0.1, 0.15) is 6.29 Å². The Morgan fingerprint density at radius 3 is 2.41 bits per heavy atom. The van der Waals surface area contributed by atoms with Crippen LogP contribution >= 0.6 is 11.6 Å². The maximum atomic E-state index is 11.8. The molecular weight excluding hydrogens is 452 g/mol. The van der Waals surface area contributed by atoms with Crippen LogP contribution in [-0.2, 0) is 11.3 Å². The van der Waals surface area contributed by atoms with Crippen LogP contribution in [-0.4, -0.2) is 66.8 Å². The quantitative estimate of drug-likeness (QED) is 0.521. The fourth-order valence-corrected chi connectivity index (χ4v) is 4.31. The zero-order chi connectivity index (χ0) is 24.1. The van der Waals surface area contributed by atoms with Crippen molar-refractivity contribution < 1.29 is 9.59 Å². The van der Waals surface area contributed by atoms with Crippen molar-refractivity contribution in [2.45, 2.75) is 6.54 Å². The van der Waals surface area contributed by atoms with E-state index in [1.54, 1.807) is 24.1 Å². The van der Waals surface area contributed by atoms with Crippen LogP contribution in [0.3, 0.4) is 0 Å². The van der Waals surface area contributed by atoms with Crippen LogP contribution in [0.15, 0.2) is 54.9 Å². The first-order valence-electron chi connectivity index (χ1n) is 11.1. The molecule has 1 aliphatic rings. The molecule has 2 N–H and O–H groups in total. The molecule has 176 valence electrons. The van der Waals surface area contributed by atoms with Gasteiger partial charge in [-0.15, -0.1) is 0 Å². The Hall–Kier alpha value is -3.49. The molecule has 0 unspecified atom stereocenters. The summed E-state index contributed by atoms with van der Waals surface area (Å²) in [5.41, 5.74) is 9.88. The number of carbonyl (C=O) groups is 2. The molecule has 1 aliphatic heterocycles. The van der Waals surface area contributed by atoms with Crippen molar-refractivity contribution in [1.29, 1.82) is 0 Å². The molecule has 0 radical (unpaired) electrons. The number of aldehydes is 1. The second-order valence-electron chi connectivity index (χ2n) is 8.23. The standard InChI is InChI=1S/C25H27ClN6O2/c1-30(24(34)13-27)16-18-3-2-4-20(11-18)21-14-28-25(29-15-21)32-9-7-31(8-10-32)23-6-5-19(17-33)12-22(23)26/h2-6,11-12,14-15,17H,7-10,13,16,27H2,1H3. The van der Waals surface area contributed by atoms with Crippen LogP contribution in [0.4, 0.5) is 11.6 Å². The number of carbonyl (C=O) groups excluding carboxylic acids is 2. The molecule has 1 aromatic heterocycles. The molecule has 3 aromatic rings. The summed E-state index contributed by atoms with van der Waals surface area (Å²) in [6, 6.07) is 13.4. The van der Waals surface area contributed by atoms with E-state index in [1.165, 1.54) is 0 Å². The first-order valence-corrected chi connectivity index (χ1v) is 11.5. The number of anilines is 2. The monoisotopic (exact) mass is 478 g/mol. The average Bonchev–Trinajstić information content (AvgIpc) is 2.88. The molecule has 34 heavy (non-hydrogen) atoms. The van der Waals surface area contributed by atoms with Crippen LogP contribution in [0.1, 0.15) is 15.9 Å². The highest BCUT2D eigenvalue weighted by Crippen LogP contribution is 2.28. The minimum absolute atomic E-state index is 0.000754. The second kappa shape index (κ2) is 10.6. The third-order valence-electron chi connectivity index (χ3n) is 5.93. The predicted octanol–water partition coefficient (Wildman–Crippen LogP) is 2.85. The largest absolute Gasteiger partial charge is 0.367 e. The molecule has 2 aromatic carbocycles. The summed E-state index contributed by atoms with van der Waals surface area (Å²) in [6.07, 6.45) is 4.46. The van der Waals surface area contributed by atoms with Gasteiger partial charge >= 0.3 is 0 Å². The molecule has 0 aliphatic carbocycles. The molecule has 1 saturated heterocycles. The highest BCUT2D eigenvalue weighted by Gasteiger charge is 2.21. The van der Waals surface area contributed by atoms with Gasteiger partial charge in [-0.3, -0.25) is 9.59 Å². The zero-order valence-electron chi connectivity index (χ0n) is 19.0. The van der Waals surface area contributed by atoms with E-state index in [4.69, 9.17) is 17.3 Å². The Kier molecular flexibility index (Phi) is 7.40. The highest BCUT2D eigenvalue weighted by molar-refractivity contribution is 6.33. The van der Waals surface area contributed by atoms with Crippen LogP contribution in [0.5, 0.6) is 0 Å². The first kappa shape index (κ1) is 23.7. The second-order valence-corrected chi connectivity index (χ2v) is 8.64. The molecule has 8 nitrogen and oxygen atoms in total. The first-order chi connectivity index (χ1) is 16.5. The SMILES string of the molecule is CN(Cc1cccc(-c2cnc(N3CCN(c4ccc(C=O)cc4Cl)CC3)nc2)c1)C(=O)CN. The summed E-state index contributed by atoms with van der Waals surface area (Å²) in [4.78, 5) is 37.9. The average molecular weight is 479 g/mol. The summed E-state index contributed by atoms with van der Waals surface area (Å²) >= 11 is 6.37. The molecule has 1 amide bonds. The fraction of sp³-hybridized carbons (Fsp3) is 0.280. The summed E-state index contributed by atoms with van der Waals surface area (Å²) < 4.78 is 0. The number of benzene rings is 2. The number of amides is 1. The number of hydrogen-bond acceptors (Lipinski definition) is 7. The van der Waals surface area contributed by atoms with Gasteiger partial charge in [-0.05, 0) is 35.4 Å².